The summed E-state index contributed by atoms with van der Waals surface area (Å²) in [5, 5.41) is 33.6. The lowest BCUT2D eigenvalue weighted by molar-refractivity contribution is -0.256. The topological polar surface area (TPSA) is 149 Å². The maximum Gasteiger partial charge on any atom is 0.410 e. The SMILES string of the molecule is C=CCOC12Oc3ccc(OCc4ccccc4F)cc3C3C(CCCCO)C(CCCCO)C=C(C(=NOC)CC1N(CCOCCO)C(=O)OCC)C32. The van der Waals surface area contributed by atoms with E-state index in [0.29, 0.717) is 35.6 Å². The normalized spacial score (nSPS) is 24.6. The summed E-state index contributed by atoms with van der Waals surface area (Å²) in [4.78, 5) is 21.0. The van der Waals surface area contributed by atoms with E-state index in [2.05, 4.69) is 17.8 Å². The van der Waals surface area contributed by atoms with Gasteiger partial charge in [0.15, 0.2) is 0 Å². The fourth-order valence-corrected chi connectivity index (χ4v) is 8.54. The Morgan fingerprint density at radius 3 is 2.56 bits per heavy atom. The van der Waals surface area contributed by atoms with E-state index in [1.165, 1.54) is 13.2 Å². The Kier molecular flexibility index (Phi) is 15.9. The second-order valence-electron chi connectivity index (χ2n) is 14.1. The van der Waals surface area contributed by atoms with Crippen LogP contribution in [0.3, 0.4) is 0 Å². The van der Waals surface area contributed by atoms with Gasteiger partial charge in [-0.1, -0.05) is 48.3 Å². The molecule has 1 saturated carbocycles. The number of hydrogen-bond acceptors (Lipinski definition) is 11. The first-order chi connectivity index (χ1) is 26.9. The monoisotopic (exact) mass is 768 g/mol. The molecule has 1 aliphatic heterocycles. The van der Waals surface area contributed by atoms with Crippen LogP contribution in [0, 0.1) is 23.6 Å². The van der Waals surface area contributed by atoms with Crippen molar-refractivity contribution in [2.45, 2.75) is 76.2 Å². The average Bonchev–Trinajstić information content (AvgIpc) is 3.19. The Hall–Kier alpha value is -4.01. The van der Waals surface area contributed by atoms with Crippen LogP contribution in [0.25, 0.3) is 0 Å². The Bertz CT molecular complexity index is 1620. The summed E-state index contributed by atoms with van der Waals surface area (Å²) in [6.45, 7) is 6.29. The third-order valence-electron chi connectivity index (χ3n) is 10.8. The maximum atomic E-state index is 14.6. The number of carbonyl (C=O) groups is 1. The van der Waals surface area contributed by atoms with Crippen molar-refractivity contribution in [2.75, 3.05) is 59.9 Å². The molecule has 1 fully saturated rings. The minimum atomic E-state index is -1.46. The number of amides is 1. The first-order valence-electron chi connectivity index (χ1n) is 19.5. The van der Waals surface area contributed by atoms with Crippen LogP contribution >= 0.6 is 0 Å². The van der Waals surface area contributed by atoms with E-state index in [-0.39, 0.29) is 89.4 Å². The lowest BCUT2D eigenvalue weighted by atomic mass is 9.55. The molecule has 0 bridgehead atoms. The van der Waals surface area contributed by atoms with Crippen LogP contribution < -0.4 is 9.47 Å². The standard InChI is InChI=1S/C42H57FN2O10/c1-4-22-54-42-38(45(41(49)52-5-2)18-23-51-24-21-48)27-36(44-50-3)33-25-29(12-8-10-19-46)32(14-9-11-20-47)39(40(33)42)34-26-31(16-17-37(34)55-42)53-28-30-13-6-7-15-35(30)43/h4,6-7,13,15-17,25-26,29,32,38-40,46-48H,1,5,8-12,14,18-24,27-28H2,2-3H3. The van der Waals surface area contributed by atoms with Crippen LogP contribution in [0.2, 0.25) is 0 Å². The Balaban J connectivity index is 1.72. The van der Waals surface area contributed by atoms with Gasteiger partial charge in [-0.15, -0.1) is 6.58 Å². The highest BCUT2D eigenvalue weighted by atomic mass is 19.1. The highest BCUT2D eigenvalue weighted by Crippen LogP contribution is 2.62. The zero-order chi connectivity index (χ0) is 39.2. The van der Waals surface area contributed by atoms with Gasteiger partial charge in [0.05, 0.1) is 44.7 Å². The molecule has 6 unspecified atom stereocenters. The molecule has 3 N–H and O–H groups in total. The molecular formula is C42H57FN2O10. The van der Waals surface area contributed by atoms with Crippen LogP contribution in [0.5, 0.6) is 11.5 Å². The Morgan fingerprint density at radius 1 is 1.07 bits per heavy atom. The predicted octanol–water partition coefficient (Wildman–Crippen LogP) is 6.14. The molecule has 302 valence electrons. The van der Waals surface area contributed by atoms with Gasteiger partial charge >= 0.3 is 6.09 Å². The number of rotatable bonds is 22. The molecule has 2 aromatic carbocycles. The molecule has 2 aromatic rings. The molecule has 55 heavy (non-hydrogen) atoms. The summed E-state index contributed by atoms with van der Waals surface area (Å²) < 4.78 is 46.2. The van der Waals surface area contributed by atoms with E-state index in [9.17, 15) is 24.5 Å². The highest BCUT2D eigenvalue weighted by molar-refractivity contribution is 6.02. The van der Waals surface area contributed by atoms with Crippen LogP contribution in [0.15, 0.2) is 71.9 Å². The predicted molar refractivity (Wildman–Crippen MR) is 204 cm³/mol. The van der Waals surface area contributed by atoms with Crippen molar-refractivity contribution in [3.8, 4) is 11.5 Å². The first kappa shape index (κ1) is 42.1. The zero-order valence-electron chi connectivity index (χ0n) is 32.1. The molecule has 1 amide bonds. The molecule has 6 atom stereocenters. The number of aliphatic hydroxyl groups excluding tert-OH is 3. The molecule has 5 rings (SSSR count). The summed E-state index contributed by atoms with van der Waals surface area (Å²) in [5.41, 5.74) is 2.85. The minimum absolute atomic E-state index is 0.0154. The van der Waals surface area contributed by atoms with Crippen LogP contribution in [0.4, 0.5) is 9.18 Å². The fourth-order valence-electron chi connectivity index (χ4n) is 8.54. The van der Waals surface area contributed by atoms with Crippen molar-refractivity contribution < 1.29 is 53.0 Å². The van der Waals surface area contributed by atoms with Gasteiger partial charge in [0.2, 0.25) is 5.79 Å². The van der Waals surface area contributed by atoms with Crippen molar-refractivity contribution in [1.29, 1.82) is 0 Å². The Morgan fingerprint density at radius 2 is 1.85 bits per heavy atom. The third kappa shape index (κ3) is 9.69. The molecule has 0 radical (unpaired) electrons. The molecule has 0 saturated heterocycles. The summed E-state index contributed by atoms with van der Waals surface area (Å²) in [7, 11) is 1.49. The van der Waals surface area contributed by atoms with E-state index >= 15 is 0 Å². The third-order valence-corrected chi connectivity index (χ3v) is 10.8. The Labute approximate surface area is 323 Å². The highest BCUT2D eigenvalue weighted by Gasteiger charge is 2.65. The van der Waals surface area contributed by atoms with Gasteiger partial charge in [-0.25, -0.2) is 9.18 Å². The smallest absolute Gasteiger partial charge is 0.410 e. The van der Waals surface area contributed by atoms with Gasteiger partial charge in [0.25, 0.3) is 0 Å². The molecule has 13 heteroatoms. The fraction of sp³-hybridized carbons (Fsp3) is 0.571. The minimum Gasteiger partial charge on any atom is -0.489 e. The van der Waals surface area contributed by atoms with Crippen molar-refractivity contribution in [1.82, 2.24) is 4.90 Å². The summed E-state index contributed by atoms with van der Waals surface area (Å²) in [5.74, 6) is -1.42. The molecule has 0 spiro atoms. The molecule has 0 aromatic heterocycles. The second kappa shape index (κ2) is 20.8. The molecular weight excluding hydrogens is 711 g/mol. The first-order valence-corrected chi connectivity index (χ1v) is 19.5. The van der Waals surface area contributed by atoms with Gasteiger partial charge in [-0.05, 0) is 74.3 Å². The number of hydrogen-bond donors (Lipinski definition) is 3. The number of ether oxygens (including phenoxy) is 5. The van der Waals surface area contributed by atoms with Gasteiger partial charge < -0.3 is 43.8 Å². The number of unbranched alkanes of at least 4 members (excludes halogenated alkanes) is 2. The van der Waals surface area contributed by atoms with Crippen LogP contribution in [-0.2, 0) is 25.7 Å². The maximum absolute atomic E-state index is 14.6. The number of allylic oxidation sites excluding steroid dienone is 1. The molecule has 2 aliphatic carbocycles. The lowest BCUT2D eigenvalue weighted by Crippen LogP contribution is -2.70. The number of benzene rings is 2. The van der Waals surface area contributed by atoms with E-state index < -0.39 is 23.8 Å². The van der Waals surface area contributed by atoms with E-state index in [1.54, 1.807) is 42.2 Å². The summed E-state index contributed by atoms with van der Waals surface area (Å²) in [6, 6.07) is 11.3. The lowest BCUT2D eigenvalue weighted by Gasteiger charge is -2.59. The van der Waals surface area contributed by atoms with Gasteiger partial charge in [0.1, 0.15) is 37.1 Å². The van der Waals surface area contributed by atoms with E-state index in [4.69, 9.17) is 28.5 Å². The average molecular weight is 769 g/mol. The number of carbonyl (C=O) groups excluding carboxylic acids is 1. The van der Waals surface area contributed by atoms with Gasteiger partial charge in [0, 0.05) is 43.2 Å². The van der Waals surface area contributed by atoms with Crippen molar-refractivity contribution in [3.05, 3.63) is 83.7 Å². The van der Waals surface area contributed by atoms with Crippen LogP contribution in [0.1, 0.15) is 68.9 Å². The second-order valence-corrected chi connectivity index (χ2v) is 14.1. The van der Waals surface area contributed by atoms with E-state index in [0.717, 1.165) is 36.8 Å². The number of aliphatic hydroxyl groups is 3. The van der Waals surface area contributed by atoms with Crippen molar-refractivity contribution in [3.63, 3.8) is 0 Å². The molecule has 3 aliphatic rings. The number of oxime groups is 1. The summed E-state index contributed by atoms with van der Waals surface area (Å²) >= 11 is 0. The molecule has 1 heterocycles. The number of halogens is 1. The molecule has 12 nitrogen and oxygen atoms in total. The number of fused-ring (bicyclic) bond motifs is 2. The van der Waals surface area contributed by atoms with Gasteiger partial charge in [-0.2, -0.15) is 0 Å². The summed E-state index contributed by atoms with van der Waals surface area (Å²) in [6.07, 6.45) is 7.97. The van der Waals surface area contributed by atoms with Crippen molar-refractivity contribution in [2.24, 2.45) is 22.9 Å². The van der Waals surface area contributed by atoms with E-state index in [1.807, 2.05) is 12.1 Å². The largest absolute Gasteiger partial charge is 0.489 e. The van der Waals surface area contributed by atoms with Crippen LogP contribution in [-0.4, -0.2) is 104 Å². The number of nitrogens with zero attached hydrogens (tertiary/aromatic N) is 2. The van der Waals surface area contributed by atoms with Gasteiger partial charge in [-0.3, -0.25) is 4.90 Å². The van der Waals surface area contributed by atoms with Crippen molar-refractivity contribution >= 4 is 11.8 Å². The quantitative estimate of drug-likeness (QED) is 0.0726. The zero-order valence-corrected chi connectivity index (χ0v) is 32.1.